The van der Waals surface area contributed by atoms with Gasteiger partial charge in [0.2, 0.25) is 0 Å². The van der Waals surface area contributed by atoms with Crippen LogP contribution in [0.4, 0.5) is 5.69 Å². The van der Waals surface area contributed by atoms with Crippen molar-refractivity contribution in [1.82, 2.24) is 0 Å². The monoisotopic (exact) mass is 418 g/mol. The summed E-state index contributed by atoms with van der Waals surface area (Å²) in [5.41, 5.74) is 2.47. The van der Waals surface area contributed by atoms with E-state index in [1.54, 1.807) is 37.3 Å². The molecule has 1 N–H and O–H groups in total. The maximum absolute atomic E-state index is 12.7. The first-order valence-electron chi connectivity index (χ1n) is 9.73. The summed E-state index contributed by atoms with van der Waals surface area (Å²) in [6, 6.07) is 21.0. The van der Waals surface area contributed by atoms with Crippen molar-refractivity contribution in [2.75, 3.05) is 11.8 Å². The Kier molecular flexibility index (Phi) is 5.88. The Morgan fingerprint density at radius 1 is 1.06 bits per heavy atom. The number of carbonyl (C=O) groups is 1. The maximum atomic E-state index is 12.7. The van der Waals surface area contributed by atoms with E-state index in [0.717, 1.165) is 5.56 Å². The number of ether oxygens (including phenoxy) is 2. The Hall–Kier alpha value is -3.81. The van der Waals surface area contributed by atoms with Crippen LogP contribution < -0.4 is 9.96 Å². The van der Waals surface area contributed by atoms with Gasteiger partial charge in [-0.25, -0.2) is 4.79 Å². The Labute approximate surface area is 178 Å². The molecule has 31 heavy (non-hydrogen) atoms. The lowest BCUT2D eigenvalue weighted by Crippen LogP contribution is -2.07. The molecule has 158 valence electrons. The van der Waals surface area contributed by atoms with Gasteiger partial charge in [-0.2, -0.15) is 0 Å². The number of carbonyl (C=O) groups excluding carboxylic acids is 1. The number of rotatable bonds is 7. The highest BCUT2D eigenvalue weighted by atomic mass is 16.8. The van der Waals surface area contributed by atoms with Gasteiger partial charge in [0.15, 0.2) is 0 Å². The van der Waals surface area contributed by atoms with Gasteiger partial charge in [-0.15, -0.1) is 0 Å². The average Bonchev–Trinajstić information content (AvgIpc) is 3.17. The molecule has 4 rings (SSSR count). The fourth-order valence-electron chi connectivity index (χ4n) is 3.30. The fraction of sp³-hybridized carbons (Fsp3) is 0.125. The van der Waals surface area contributed by atoms with Crippen LogP contribution in [0, 0.1) is 5.21 Å². The molecule has 0 saturated carbocycles. The van der Waals surface area contributed by atoms with E-state index in [9.17, 15) is 10.0 Å². The van der Waals surface area contributed by atoms with Crippen molar-refractivity contribution in [3.05, 3.63) is 89.1 Å². The van der Waals surface area contributed by atoms with Gasteiger partial charge in [0.25, 0.3) is 0 Å². The molecule has 0 spiro atoms. The highest BCUT2D eigenvalue weighted by molar-refractivity contribution is 6.09. The second-order valence-corrected chi connectivity index (χ2v) is 6.78. The third-order valence-corrected chi connectivity index (χ3v) is 4.71. The molecule has 0 aliphatic rings. The molecule has 4 aromatic rings. The molecule has 0 unspecified atom stereocenters. The fourth-order valence-corrected chi connectivity index (χ4v) is 3.30. The number of furan rings is 1. The quantitative estimate of drug-likeness (QED) is 0.310. The largest absolute Gasteiger partial charge is 0.733 e. The maximum Gasteiger partial charge on any atom is 0.342 e. The van der Waals surface area contributed by atoms with E-state index in [1.165, 1.54) is 12.1 Å². The van der Waals surface area contributed by atoms with Gasteiger partial charge in [0.05, 0.1) is 12.3 Å². The number of benzene rings is 3. The summed E-state index contributed by atoms with van der Waals surface area (Å²) in [5.74, 6) is 0.493. The van der Waals surface area contributed by atoms with Crippen molar-refractivity contribution < 1.29 is 23.9 Å². The predicted octanol–water partition coefficient (Wildman–Crippen LogP) is 5.55. The summed E-state index contributed by atoms with van der Waals surface area (Å²) in [6.07, 6.45) is 0. The number of hydrogen-bond acceptors (Lipinski definition) is 7. The van der Waals surface area contributed by atoms with Crippen LogP contribution in [0.2, 0.25) is 0 Å². The molecule has 3 aromatic carbocycles. The van der Waals surface area contributed by atoms with Gasteiger partial charge < -0.3 is 24.3 Å². The second kappa shape index (κ2) is 8.91. The zero-order valence-electron chi connectivity index (χ0n) is 16.8. The molecule has 7 nitrogen and oxygen atoms in total. The van der Waals surface area contributed by atoms with Crippen molar-refractivity contribution in [2.24, 2.45) is 0 Å². The minimum absolute atomic E-state index is 0.114. The summed E-state index contributed by atoms with van der Waals surface area (Å²) in [5, 5.41) is 20.5. The highest BCUT2D eigenvalue weighted by Crippen LogP contribution is 2.36. The Morgan fingerprint density at radius 2 is 1.87 bits per heavy atom. The predicted molar refractivity (Wildman–Crippen MR) is 116 cm³/mol. The number of anilines is 1. The van der Waals surface area contributed by atoms with Crippen LogP contribution in [0.5, 0.6) is 5.75 Å². The molecule has 0 saturated heterocycles. The smallest absolute Gasteiger partial charge is 0.342 e. The van der Waals surface area contributed by atoms with Gasteiger partial charge in [-0.3, -0.25) is 5.21 Å². The van der Waals surface area contributed by atoms with E-state index in [2.05, 4.69) is 0 Å². The summed E-state index contributed by atoms with van der Waals surface area (Å²) in [7, 11) is 0. The molecule has 0 aliphatic heterocycles. The Morgan fingerprint density at radius 3 is 2.61 bits per heavy atom. The standard InChI is InChI=1S/C24H20NO6/c1-2-29-24(26)22-20-14-19(30-15-16-7-6-10-18(13-16)25(27)28)11-12-21(20)31-23(22)17-8-4-3-5-9-17/h3-14,27H,2,15H2,1H3/q-1. The molecule has 0 bridgehead atoms. The number of nitrogens with zero attached hydrogens (tertiary/aromatic N) is 1. The first-order chi connectivity index (χ1) is 15.1. The highest BCUT2D eigenvalue weighted by Gasteiger charge is 2.23. The first-order valence-corrected chi connectivity index (χ1v) is 9.73. The minimum atomic E-state index is -0.469. The van der Waals surface area contributed by atoms with E-state index >= 15 is 0 Å². The molecule has 0 aliphatic carbocycles. The van der Waals surface area contributed by atoms with E-state index in [4.69, 9.17) is 19.1 Å². The zero-order chi connectivity index (χ0) is 21.8. The van der Waals surface area contributed by atoms with E-state index in [1.807, 2.05) is 30.3 Å². The molecular formula is C24H20NO6-. The lowest BCUT2D eigenvalue weighted by molar-refractivity contribution is 0.0528. The summed E-state index contributed by atoms with van der Waals surface area (Å²) in [4.78, 5) is 12.7. The van der Waals surface area contributed by atoms with Crippen LogP contribution >= 0.6 is 0 Å². The normalized spacial score (nSPS) is 10.8. The molecular weight excluding hydrogens is 398 g/mol. The minimum Gasteiger partial charge on any atom is -0.733 e. The van der Waals surface area contributed by atoms with Gasteiger partial charge in [-0.1, -0.05) is 42.5 Å². The van der Waals surface area contributed by atoms with E-state index in [0.29, 0.717) is 33.6 Å². The molecule has 0 radical (unpaired) electrons. The number of esters is 1. The number of fused-ring (bicyclic) bond motifs is 1. The number of hydrogen-bond donors (Lipinski definition) is 1. The van der Waals surface area contributed by atoms with Crippen molar-refractivity contribution >= 4 is 22.6 Å². The third-order valence-electron chi connectivity index (χ3n) is 4.71. The van der Waals surface area contributed by atoms with Crippen LogP contribution in [0.1, 0.15) is 22.8 Å². The van der Waals surface area contributed by atoms with Gasteiger partial charge in [0.1, 0.15) is 29.3 Å². The molecule has 0 atom stereocenters. The van der Waals surface area contributed by atoms with Gasteiger partial charge in [0, 0.05) is 10.9 Å². The van der Waals surface area contributed by atoms with Crippen LogP contribution in [0.3, 0.4) is 0 Å². The topological polar surface area (TPSA) is 95.2 Å². The molecule has 7 heteroatoms. The summed E-state index contributed by atoms with van der Waals surface area (Å²) >= 11 is 0. The third kappa shape index (κ3) is 4.37. The van der Waals surface area contributed by atoms with E-state index in [-0.39, 0.29) is 24.1 Å². The summed E-state index contributed by atoms with van der Waals surface area (Å²) in [6.45, 7) is 2.17. The van der Waals surface area contributed by atoms with Gasteiger partial charge >= 0.3 is 5.97 Å². The molecule has 0 amide bonds. The lowest BCUT2D eigenvalue weighted by atomic mass is 10.1. The average molecular weight is 418 g/mol. The molecule has 1 heterocycles. The molecule has 1 aromatic heterocycles. The SMILES string of the molecule is CCOC(=O)c1c(-c2ccccc2)oc2ccc(OCc3cccc(N([O-])O)c3)cc12. The van der Waals surface area contributed by atoms with Crippen LogP contribution in [-0.2, 0) is 11.3 Å². The van der Waals surface area contributed by atoms with E-state index < -0.39 is 5.97 Å². The van der Waals surface area contributed by atoms with Gasteiger partial charge in [-0.05, 0) is 42.8 Å². The Bertz CT molecular complexity index is 1200. The Balaban J connectivity index is 1.68. The first kappa shape index (κ1) is 20.5. The van der Waals surface area contributed by atoms with Crippen molar-refractivity contribution in [3.8, 4) is 17.1 Å². The van der Waals surface area contributed by atoms with Crippen molar-refractivity contribution in [1.29, 1.82) is 0 Å². The van der Waals surface area contributed by atoms with Crippen LogP contribution in [0.15, 0.2) is 77.2 Å². The van der Waals surface area contributed by atoms with Crippen LogP contribution in [-0.4, -0.2) is 17.8 Å². The summed E-state index contributed by atoms with van der Waals surface area (Å²) < 4.78 is 17.1. The molecule has 0 fully saturated rings. The van der Waals surface area contributed by atoms with Crippen molar-refractivity contribution in [3.63, 3.8) is 0 Å². The zero-order valence-corrected chi connectivity index (χ0v) is 16.8. The van der Waals surface area contributed by atoms with Crippen LogP contribution in [0.25, 0.3) is 22.3 Å². The van der Waals surface area contributed by atoms with Crippen molar-refractivity contribution in [2.45, 2.75) is 13.5 Å². The lowest BCUT2D eigenvalue weighted by Gasteiger charge is -2.22. The second-order valence-electron chi connectivity index (χ2n) is 6.78.